The van der Waals surface area contributed by atoms with Gasteiger partial charge < -0.3 is 10.1 Å². The lowest BCUT2D eigenvalue weighted by Gasteiger charge is -2.26. The van der Waals surface area contributed by atoms with E-state index in [2.05, 4.69) is 20.7 Å². The fraction of sp³-hybridized carbons (Fsp3) is 0.300. The minimum atomic E-state index is -3.81. The van der Waals surface area contributed by atoms with E-state index in [1.165, 1.54) is 27.3 Å². The number of sulfonamides is 1. The molecule has 168 valence electrons. The van der Waals surface area contributed by atoms with Gasteiger partial charge in [0.05, 0.1) is 18.2 Å². The van der Waals surface area contributed by atoms with Crippen LogP contribution < -0.4 is 5.32 Å². The second-order valence-corrected chi connectivity index (χ2v) is 9.53. The summed E-state index contributed by atoms with van der Waals surface area (Å²) in [6.07, 6.45) is 0. The largest absolute Gasteiger partial charge is 0.379 e. The lowest BCUT2D eigenvalue weighted by Crippen LogP contribution is -2.40. The lowest BCUT2D eigenvalue weighted by atomic mass is 10.1. The molecule has 0 unspecified atom stereocenters. The molecule has 1 aliphatic rings. The number of hydrogen-bond donors (Lipinski definition) is 1. The smallest absolute Gasteiger partial charge is 0.248 e. The van der Waals surface area contributed by atoms with Gasteiger partial charge in [-0.25, -0.2) is 8.42 Å². The van der Waals surface area contributed by atoms with Crippen molar-refractivity contribution in [1.82, 2.24) is 24.5 Å². The molecule has 1 fully saturated rings. The number of carbonyl (C=O) groups excluding carboxylic acids is 1. The van der Waals surface area contributed by atoms with E-state index < -0.39 is 15.9 Å². The van der Waals surface area contributed by atoms with Gasteiger partial charge in [-0.3, -0.25) is 4.79 Å². The third-order valence-electron chi connectivity index (χ3n) is 4.85. The number of morpholine rings is 1. The normalized spacial score (nSPS) is 14.9. The van der Waals surface area contributed by atoms with E-state index in [0.29, 0.717) is 24.7 Å². The summed E-state index contributed by atoms with van der Waals surface area (Å²) in [6, 6.07) is 11.9. The summed E-state index contributed by atoms with van der Waals surface area (Å²) in [4.78, 5) is 13.6. The molecule has 1 saturated heterocycles. The first-order chi connectivity index (χ1) is 15.3. The van der Waals surface area contributed by atoms with Crippen molar-refractivity contribution in [1.29, 1.82) is 0 Å². The molecule has 0 spiro atoms. The van der Waals surface area contributed by atoms with Crippen LogP contribution in [-0.2, 0) is 26.1 Å². The predicted molar refractivity (Wildman–Crippen MR) is 118 cm³/mol. The molecule has 0 atom stereocenters. The molecule has 4 rings (SSSR count). The molecule has 2 heterocycles. The Hall–Kier alpha value is -2.86. The molecule has 1 amide bonds. The zero-order chi connectivity index (χ0) is 22.7. The van der Waals surface area contributed by atoms with E-state index in [-0.39, 0.29) is 29.6 Å². The Morgan fingerprint density at radius 2 is 1.88 bits per heavy atom. The number of amides is 1. The average molecular weight is 477 g/mol. The highest BCUT2D eigenvalue weighted by Crippen LogP contribution is 2.28. The number of ether oxygens (including phenoxy) is 1. The van der Waals surface area contributed by atoms with E-state index in [1.807, 2.05) is 31.2 Å². The van der Waals surface area contributed by atoms with Gasteiger partial charge in [-0.1, -0.05) is 41.4 Å². The highest BCUT2D eigenvalue weighted by molar-refractivity contribution is 7.89. The monoisotopic (exact) mass is 476 g/mol. The molecular weight excluding hydrogens is 456 g/mol. The fourth-order valence-corrected chi connectivity index (χ4v) is 5.07. The van der Waals surface area contributed by atoms with Gasteiger partial charge in [0.1, 0.15) is 11.4 Å². The summed E-state index contributed by atoms with van der Waals surface area (Å²) >= 11 is 6.15. The lowest BCUT2D eigenvalue weighted by molar-refractivity contribution is -0.117. The fourth-order valence-electron chi connectivity index (χ4n) is 3.16. The maximum absolute atomic E-state index is 12.9. The van der Waals surface area contributed by atoms with Crippen molar-refractivity contribution < 1.29 is 17.9 Å². The number of tetrazole rings is 1. The average Bonchev–Trinajstić information content (AvgIpc) is 3.24. The number of nitrogens with one attached hydrogen (secondary N) is 1. The van der Waals surface area contributed by atoms with Gasteiger partial charge in [0.25, 0.3) is 0 Å². The standard InChI is InChI=1S/C20H21ClN6O4S/c1-14-2-4-15(5-3-14)20-23-25-27(24-20)13-19(28)22-16-6-7-17(21)18(12-16)32(29,30)26-8-10-31-11-9-26/h2-7,12H,8-11,13H2,1H3,(H,22,28). The number of aryl methyl sites for hydroxylation is 1. The number of hydrogen-bond acceptors (Lipinski definition) is 7. The molecule has 0 saturated carbocycles. The molecule has 32 heavy (non-hydrogen) atoms. The second-order valence-electron chi connectivity index (χ2n) is 7.22. The van der Waals surface area contributed by atoms with Crippen LogP contribution in [0.15, 0.2) is 47.4 Å². The van der Waals surface area contributed by atoms with Crippen molar-refractivity contribution in [2.24, 2.45) is 0 Å². The molecule has 2 aromatic carbocycles. The van der Waals surface area contributed by atoms with Gasteiger partial charge in [0.2, 0.25) is 21.8 Å². The van der Waals surface area contributed by atoms with Crippen LogP contribution in [0.1, 0.15) is 5.56 Å². The third kappa shape index (κ3) is 4.96. The van der Waals surface area contributed by atoms with E-state index in [4.69, 9.17) is 16.3 Å². The minimum absolute atomic E-state index is 0.0700. The van der Waals surface area contributed by atoms with Crippen LogP contribution in [0.25, 0.3) is 11.4 Å². The van der Waals surface area contributed by atoms with Crippen LogP contribution >= 0.6 is 11.6 Å². The Kier molecular flexibility index (Phi) is 6.51. The van der Waals surface area contributed by atoms with E-state index >= 15 is 0 Å². The number of aromatic nitrogens is 4. The van der Waals surface area contributed by atoms with Crippen LogP contribution in [0.3, 0.4) is 0 Å². The zero-order valence-electron chi connectivity index (χ0n) is 17.2. The number of nitrogens with zero attached hydrogens (tertiary/aromatic N) is 5. The molecule has 0 radical (unpaired) electrons. The van der Waals surface area contributed by atoms with Crippen molar-refractivity contribution in [2.75, 3.05) is 31.6 Å². The van der Waals surface area contributed by atoms with Gasteiger partial charge in [0.15, 0.2) is 0 Å². The van der Waals surface area contributed by atoms with Crippen LogP contribution in [0, 0.1) is 6.92 Å². The Morgan fingerprint density at radius 3 is 2.59 bits per heavy atom. The molecule has 10 nitrogen and oxygen atoms in total. The van der Waals surface area contributed by atoms with E-state index in [9.17, 15) is 13.2 Å². The first-order valence-electron chi connectivity index (χ1n) is 9.85. The van der Waals surface area contributed by atoms with Gasteiger partial charge in [-0.05, 0) is 30.3 Å². The van der Waals surface area contributed by atoms with Crippen LogP contribution in [0.2, 0.25) is 5.02 Å². The van der Waals surface area contributed by atoms with Crippen LogP contribution in [0.4, 0.5) is 5.69 Å². The molecule has 0 bridgehead atoms. The maximum atomic E-state index is 12.9. The van der Waals surface area contributed by atoms with Gasteiger partial charge >= 0.3 is 0 Å². The highest BCUT2D eigenvalue weighted by atomic mass is 35.5. The molecule has 0 aliphatic carbocycles. The summed E-state index contributed by atoms with van der Waals surface area (Å²) in [7, 11) is -3.81. The summed E-state index contributed by atoms with van der Waals surface area (Å²) in [6.45, 7) is 2.93. The van der Waals surface area contributed by atoms with Crippen molar-refractivity contribution >= 4 is 33.2 Å². The first kappa shape index (κ1) is 22.3. The summed E-state index contributed by atoms with van der Waals surface area (Å²) < 4.78 is 32.4. The summed E-state index contributed by atoms with van der Waals surface area (Å²) in [5.41, 5.74) is 2.20. The van der Waals surface area contributed by atoms with Gasteiger partial charge in [-0.2, -0.15) is 9.10 Å². The topological polar surface area (TPSA) is 119 Å². The number of rotatable bonds is 6. The number of benzene rings is 2. The maximum Gasteiger partial charge on any atom is 0.248 e. The van der Waals surface area contributed by atoms with Crippen LogP contribution in [0.5, 0.6) is 0 Å². The van der Waals surface area contributed by atoms with Crippen molar-refractivity contribution in [2.45, 2.75) is 18.4 Å². The molecule has 1 aromatic heterocycles. The summed E-state index contributed by atoms with van der Waals surface area (Å²) in [5, 5.41) is 14.8. The van der Waals surface area contributed by atoms with Gasteiger partial charge in [-0.15, -0.1) is 10.2 Å². The van der Waals surface area contributed by atoms with Gasteiger partial charge in [0, 0.05) is 24.3 Å². The predicted octanol–water partition coefficient (Wildman–Crippen LogP) is 1.96. The SMILES string of the molecule is Cc1ccc(-c2nnn(CC(=O)Nc3ccc(Cl)c(S(=O)(=O)N4CCOCC4)c3)n2)cc1. The quantitative estimate of drug-likeness (QED) is 0.577. The Balaban J connectivity index is 1.46. The molecule has 12 heteroatoms. The van der Waals surface area contributed by atoms with E-state index in [1.54, 1.807) is 0 Å². The first-order valence-corrected chi connectivity index (χ1v) is 11.7. The third-order valence-corrected chi connectivity index (χ3v) is 7.23. The highest BCUT2D eigenvalue weighted by Gasteiger charge is 2.28. The Labute approximate surface area is 190 Å². The second kappa shape index (κ2) is 9.33. The Morgan fingerprint density at radius 1 is 1.16 bits per heavy atom. The molecular formula is C20H21ClN6O4S. The van der Waals surface area contributed by atoms with Crippen molar-refractivity contribution in [3.63, 3.8) is 0 Å². The van der Waals surface area contributed by atoms with E-state index in [0.717, 1.165) is 11.1 Å². The Bertz CT molecular complexity index is 1220. The number of anilines is 1. The van der Waals surface area contributed by atoms with Crippen molar-refractivity contribution in [3.8, 4) is 11.4 Å². The number of carbonyl (C=O) groups is 1. The minimum Gasteiger partial charge on any atom is -0.379 e. The summed E-state index contributed by atoms with van der Waals surface area (Å²) in [5.74, 6) is -0.0296. The van der Waals surface area contributed by atoms with Crippen LogP contribution in [-0.4, -0.2) is 65.1 Å². The zero-order valence-corrected chi connectivity index (χ0v) is 18.8. The molecule has 1 N–H and O–H groups in total. The molecule has 1 aliphatic heterocycles. The number of halogens is 1. The molecule has 3 aromatic rings. The van der Waals surface area contributed by atoms with Crippen molar-refractivity contribution in [3.05, 3.63) is 53.1 Å².